The molecule has 0 aliphatic rings. The number of aromatic amines is 1. The molecule has 1 aromatic heterocycles. The van der Waals surface area contributed by atoms with E-state index in [0.29, 0.717) is 0 Å². The number of nitrogens with one attached hydrogen (secondary N) is 2. The highest BCUT2D eigenvalue weighted by Gasteiger charge is 2.04. The van der Waals surface area contributed by atoms with Crippen LogP contribution in [0.25, 0.3) is 0 Å². The lowest BCUT2D eigenvalue weighted by Gasteiger charge is -1.87. The van der Waals surface area contributed by atoms with Crippen molar-refractivity contribution in [1.82, 2.24) is 20.7 Å². The van der Waals surface area contributed by atoms with Crippen molar-refractivity contribution in [3.63, 3.8) is 0 Å². The molecule has 6 nitrogen and oxygen atoms in total. The molecule has 0 aliphatic heterocycles. The van der Waals surface area contributed by atoms with Crippen LogP contribution in [0.15, 0.2) is 6.33 Å². The van der Waals surface area contributed by atoms with Gasteiger partial charge in [0, 0.05) is 0 Å². The maximum atomic E-state index is 10.4. The van der Waals surface area contributed by atoms with E-state index >= 15 is 0 Å². The van der Waals surface area contributed by atoms with Gasteiger partial charge in [0.1, 0.15) is 6.33 Å². The number of aromatic nitrogens is 3. The Morgan fingerprint density at radius 1 is 1.89 bits per heavy atom. The number of amides is 1. The van der Waals surface area contributed by atoms with Crippen LogP contribution >= 0.6 is 0 Å². The summed E-state index contributed by atoms with van der Waals surface area (Å²) < 4.78 is 0. The minimum atomic E-state index is -0.701. The summed E-state index contributed by atoms with van der Waals surface area (Å²) >= 11 is 0. The zero-order chi connectivity index (χ0) is 6.69. The first-order valence-corrected chi connectivity index (χ1v) is 2.14. The van der Waals surface area contributed by atoms with Gasteiger partial charge in [-0.15, -0.1) is 0 Å². The fourth-order valence-electron chi connectivity index (χ4n) is 0.368. The first-order valence-electron chi connectivity index (χ1n) is 2.14. The van der Waals surface area contributed by atoms with Crippen molar-refractivity contribution >= 4 is 5.91 Å². The molecule has 0 fully saturated rings. The van der Waals surface area contributed by atoms with E-state index < -0.39 is 5.91 Å². The van der Waals surface area contributed by atoms with Gasteiger partial charge in [-0.3, -0.25) is 15.1 Å². The molecule has 1 amide bonds. The second-order valence-electron chi connectivity index (χ2n) is 1.28. The molecule has 1 heterocycles. The summed E-state index contributed by atoms with van der Waals surface area (Å²) in [5.74, 6) is -0.718. The van der Waals surface area contributed by atoms with Crippen molar-refractivity contribution in [2.24, 2.45) is 0 Å². The minimum Gasteiger partial charge on any atom is -0.288 e. The Kier molecular flexibility index (Phi) is 1.41. The van der Waals surface area contributed by atoms with Crippen molar-refractivity contribution in [2.45, 2.75) is 0 Å². The molecular formula is C3H4N4O2. The van der Waals surface area contributed by atoms with Crippen LogP contribution in [0.5, 0.6) is 0 Å². The summed E-state index contributed by atoms with van der Waals surface area (Å²) in [7, 11) is 0. The van der Waals surface area contributed by atoms with E-state index in [1.165, 1.54) is 11.8 Å². The SMILES string of the molecule is O=C(NO)c1ncn[nH]1. The standard InChI is InChI=1S/C3H4N4O2/c8-3(7-9)2-4-1-5-6-2/h1,9H,(H,7,8)(H,4,5,6). The second-order valence-corrected chi connectivity index (χ2v) is 1.28. The summed E-state index contributed by atoms with van der Waals surface area (Å²) in [6, 6.07) is 0. The Bertz CT molecular complexity index is 194. The molecule has 0 unspecified atom stereocenters. The van der Waals surface area contributed by atoms with Gasteiger partial charge in [-0.1, -0.05) is 0 Å². The Morgan fingerprint density at radius 2 is 2.67 bits per heavy atom. The third-order valence-corrected chi connectivity index (χ3v) is 0.732. The molecule has 0 aliphatic carbocycles. The molecule has 0 atom stereocenters. The molecular weight excluding hydrogens is 124 g/mol. The molecule has 3 N–H and O–H groups in total. The van der Waals surface area contributed by atoms with Crippen molar-refractivity contribution in [2.75, 3.05) is 0 Å². The van der Waals surface area contributed by atoms with Crippen LogP contribution in [0.4, 0.5) is 0 Å². The zero-order valence-corrected chi connectivity index (χ0v) is 4.33. The van der Waals surface area contributed by atoms with Crippen LogP contribution in [-0.4, -0.2) is 26.3 Å². The van der Waals surface area contributed by atoms with Gasteiger partial charge in [0.25, 0.3) is 0 Å². The Balaban J connectivity index is 2.77. The summed E-state index contributed by atoms with van der Waals surface area (Å²) in [5.41, 5.74) is 1.39. The highest BCUT2D eigenvalue weighted by molar-refractivity contribution is 5.89. The van der Waals surface area contributed by atoms with Gasteiger partial charge in [-0.2, -0.15) is 5.10 Å². The van der Waals surface area contributed by atoms with E-state index in [2.05, 4.69) is 15.2 Å². The van der Waals surface area contributed by atoms with Crippen molar-refractivity contribution < 1.29 is 10.0 Å². The Labute approximate surface area is 49.9 Å². The summed E-state index contributed by atoms with van der Waals surface area (Å²) in [4.78, 5) is 13.8. The largest absolute Gasteiger partial charge is 0.311 e. The minimum absolute atomic E-state index is 0.0162. The molecule has 9 heavy (non-hydrogen) atoms. The number of hydroxylamine groups is 1. The topological polar surface area (TPSA) is 90.9 Å². The van der Waals surface area contributed by atoms with Gasteiger partial charge in [-0.05, 0) is 0 Å². The van der Waals surface area contributed by atoms with E-state index in [0.717, 1.165) is 0 Å². The number of hydrogen-bond acceptors (Lipinski definition) is 4. The Hall–Kier alpha value is -1.43. The van der Waals surface area contributed by atoms with Crippen molar-refractivity contribution in [1.29, 1.82) is 0 Å². The lowest BCUT2D eigenvalue weighted by atomic mass is 10.6. The molecule has 0 radical (unpaired) electrons. The number of nitrogens with zero attached hydrogens (tertiary/aromatic N) is 2. The molecule has 1 aromatic rings. The highest BCUT2D eigenvalue weighted by Crippen LogP contribution is 1.81. The molecule has 0 spiro atoms. The van der Waals surface area contributed by atoms with Crippen molar-refractivity contribution in [3.05, 3.63) is 12.2 Å². The smallest absolute Gasteiger partial charge is 0.288 e. The molecule has 6 heteroatoms. The van der Waals surface area contributed by atoms with Crippen LogP contribution in [0.1, 0.15) is 10.6 Å². The number of rotatable bonds is 1. The van der Waals surface area contributed by atoms with Crippen LogP contribution in [-0.2, 0) is 0 Å². The second kappa shape index (κ2) is 2.23. The third-order valence-electron chi connectivity index (χ3n) is 0.732. The quantitative estimate of drug-likeness (QED) is 0.331. The fourth-order valence-corrected chi connectivity index (χ4v) is 0.368. The number of carbonyl (C=O) groups excluding carboxylic acids is 1. The van der Waals surface area contributed by atoms with Gasteiger partial charge in [0.05, 0.1) is 0 Å². The van der Waals surface area contributed by atoms with Crippen LogP contribution in [0.3, 0.4) is 0 Å². The highest BCUT2D eigenvalue weighted by atomic mass is 16.5. The zero-order valence-electron chi connectivity index (χ0n) is 4.33. The van der Waals surface area contributed by atoms with Crippen molar-refractivity contribution in [3.8, 4) is 0 Å². The van der Waals surface area contributed by atoms with E-state index in [4.69, 9.17) is 5.21 Å². The monoisotopic (exact) mass is 128 g/mol. The van der Waals surface area contributed by atoms with Gasteiger partial charge in [0.2, 0.25) is 5.82 Å². The molecule has 48 valence electrons. The van der Waals surface area contributed by atoms with Gasteiger partial charge in [-0.25, -0.2) is 10.5 Å². The molecule has 0 saturated carbocycles. The third kappa shape index (κ3) is 1.03. The predicted molar refractivity (Wildman–Crippen MR) is 25.6 cm³/mol. The van der Waals surface area contributed by atoms with Gasteiger partial charge in [0.15, 0.2) is 0 Å². The lowest BCUT2D eigenvalue weighted by Crippen LogP contribution is -2.19. The van der Waals surface area contributed by atoms with Crippen LogP contribution in [0.2, 0.25) is 0 Å². The summed E-state index contributed by atoms with van der Waals surface area (Å²) in [6.07, 6.45) is 1.17. The average Bonchev–Trinajstić information content (AvgIpc) is 2.37. The number of carbonyl (C=O) groups is 1. The van der Waals surface area contributed by atoms with Gasteiger partial charge < -0.3 is 0 Å². The molecule has 1 rings (SSSR count). The van der Waals surface area contributed by atoms with Crippen LogP contribution in [0, 0.1) is 0 Å². The normalized spacial score (nSPS) is 9.00. The average molecular weight is 128 g/mol. The molecule has 0 bridgehead atoms. The summed E-state index contributed by atoms with van der Waals surface area (Å²) in [6.45, 7) is 0. The first-order chi connectivity index (χ1) is 4.34. The summed E-state index contributed by atoms with van der Waals surface area (Å²) in [5, 5.41) is 13.7. The molecule has 0 saturated heterocycles. The maximum absolute atomic E-state index is 10.4. The van der Waals surface area contributed by atoms with E-state index in [9.17, 15) is 4.79 Å². The van der Waals surface area contributed by atoms with E-state index in [-0.39, 0.29) is 5.82 Å². The number of H-pyrrole nitrogens is 1. The Morgan fingerprint density at radius 3 is 3.11 bits per heavy atom. The van der Waals surface area contributed by atoms with Crippen LogP contribution < -0.4 is 5.48 Å². The maximum Gasteiger partial charge on any atom is 0.311 e. The predicted octanol–water partition coefficient (Wildman–Crippen LogP) is -1.08. The number of hydrogen-bond donors (Lipinski definition) is 3. The van der Waals surface area contributed by atoms with E-state index in [1.54, 1.807) is 0 Å². The molecule has 0 aromatic carbocycles. The lowest BCUT2D eigenvalue weighted by molar-refractivity contribution is 0.0695. The fraction of sp³-hybridized carbons (Fsp3) is 0. The van der Waals surface area contributed by atoms with Gasteiger partial charge >= 0.3 is 5.91 Å². The first kappa shape index (κ1) is 5.70. The van der Waals surface area contributed by atoms with E-state index in [1.807, 2.05) is 0 Å².